The first-order valence-electron chi connectivity index (χ1n) is 5.59. The molecular formula is C11H18ClNO3S2. The molecule has 1 heterocycles. The van der Waals surface area contributed by atoms with Gasteiger partial charge >= 0.3 is 0 Å². The van der Waals surface area contributed by atoms with Gasteiger partial charge in [0.15, 0.2) is 0 Å². The third kappa shape index (κ3) is 3.44. The Morgan fingerprint density at radius 2 is 2.17 bits per heavy atom. The molecule has 1 atom stereocenters. The van der Waals surface area contributed by atoms with Crippen molar-refractivity contribution in [2.24, 2.45) is 0 Å². The third-order valence-corrected chi connectivity index (χ3v) is 5.51. The standard InChI is InChI=1S/C11H18ClNO3S2/c1-4-9(8-17-3)13(2)18(14,15)11-6-5-10(7-12)16-11/h5-6,9H,4,7-8H2,1-3H3. The number of alkyl halides is 1. The Labute approximate surface area is 118 Å². The Kier molecular flexibility index (Phi) is 6.04. The van der Waals surface area contributed by atoms with Crippen LogP contribution in [0.25, 0.3) is 0 Å². The van der Waals surface area contributed by atoms with Gasteiger partial charge in [0.25, 0.3) is 10.0 Å². The van der Waals surface area contributed by atoms with Crippen LogP contribution in [0.5, 0.6) is 0 Å². The summed E-state index contributed by atoms with van der Waals surface area (Å²) in [7, 11) is -1.98. The molecular weight excluding hydrogens is 294 g/mol. The summed E-state index contributed by atoms with van der Waals surface area (Å²) in [6, 6.07) is 3.01. The first kappa shape index (κ1) is 15.9. The van der Waals surface area contributed by atoms with Gasteiger partial charge in [0, 0.05) is 18.8 Å². The summed E-state index contributed by atoms with van der Waals surface area (Å²) in [4.78, 5) is 0. The Morgan fingerprint density at radius 3 is 2.61 bits per heavy atom. The average Bonchev–Trinajstić information content (AvgIpc) is 2.84. The molecule has 0 spiro atoms. The topological polar surface area (TPSA) is 50.5 Å². The van der Waals surface area contributed by atoms with Crippen LogP contribution in [0, 0.1) is 0 Å². The molecule has 0 fully saturated rings. The SMILES string of the molecule is CCC(CSC)N(C)S(=O)(=O)c1ccc(CCl)o1. The number of halogens is 1. The molecule has 0 N–H and O–H groups in total. The number of furan rings is 1. The zero-order chi connectivity index (χ0) is 13.8. The summed E-state index contributed by atoms with van der Waals surface area (Å²) >= 11 is 7.23. The molecule has 0 bridgehead atoms. The molecule has 18 heavy (non-hydrogen) atoms. The lowest BCUT2D eigenvalue weighted by molar-refractivity contribution is 0.356. The van der Waals surface area contributed by atoms with Crippen LogP contribution in [0.4, 0.5) is 0 Å². The highest BCUT2D eigenvalue weighted by molar-refractivity contribution is 7.98. The van der Waals surface area contributed by atoms with E-state index in [0.29, 0.717) is 5.76 Å². The van der Waals surface area contributed by atoms with Crippen molar-refractivity contribution in [3.8, 4) is 0 Å². The van der Waals surface area contributed by atoms with Crippen LogP contribution in [0.15, 0.2) is 21.6 Å². The minimum Gasteiger partial charge on any atom is -0.447 e. The molecule has 7 heteroatoms. The summed E-state index contributed by atoms with van der Waals surface area (Å²) in [6.45, 7) is 1.97. The normalized spacial score (nSPS) is 14.1. The Balaban J connectivity index is 2.97. The van der Waals surface area contributed by atoms with Crippen LogP contribution in [-0.4, -0.2) is 37.8 Å². The van der Waals surface area contributed by atoms with E-state index < -0.39 is 10.0 Å². The molecule has 1 rings (SSSR count). The number of hydrogen-bond acceptors (Lipinski definition) is 4. The summed E-state index contributed by atoms with van der Waals surface area (Å²) in [5.41, 5.74) is 0. The monoisotopic (exact) mass is 311 g/mol. The third-order valence-electron chi connectivity index (χ3n) is 2.75. The highest BCUT2D eigenvalue weighted by Crippen LogP contribution is 2.22. The molecule has 1 aromatic rings. The van der Waals surface area contributed by atoms with Crippen molar-refractivity contribution in [3.63, 3.8) is 0 Å². The fourth-order valence-electron chi connectivity index (χ4n) is 1.58. The van der Waals surface area contributed by atoms with E-state index >= 15 is 0 Å². The minimum absolute atomic E-state index is 0.0328. The molecule has 0 aliphatic carbocycles. The second kappa shape index (κ2) is 6.84. The fourth-order valence-corrected chi connectivity index (χ4v) is 4.01. The number of hydrogen-bond donors (Lipinski definition) is 0. The van der Waals surface area contributed by atoms with Crippen LogP contribution in [-0.2, 0) is 15.9 Å². The van der Waals surface area contributed by atoms with E-state index in [0.717, 1.165) is 12.2 Å². The van der Waals surface area contributed by atoms with E-state index in [1.807, 2.05) is 13.2 Å². The molecule has 0 saturated heterocycles. The predicted molar refractivity (Wildman–Crippen MR) is 75.7 cm³/mol. The molecule has 0 aliphatic heterocycles. The summed E-state index contributed by atoms with van der Waals surface area (Å²) in [6.07, 6.45) is 2.72. The van der Waals surface area contributed by atoms with Crippen molar-refractivity contribution in [1.29, 1.82) is 0 Å². The Hall–Kier alpha value is -0.170. The van der Waals surface area contributed by atoms with E-state index in [4.69, 9.17) is 16.0 Å². The second-order valence-electron chi connectivity index (χ2n) is 3.89. The maximum Gasteiger partial charge on any atom is 0.276 e. The lowest BCUT2D eigenvalue weighted by Crippen LogP contribution is -2.38. The lowest BCUT2D eigenvalue weighted by atomic mass is 10.3. The first-order chi connectivity index (χ1) is 8.47. The van der Waals surface area contributed by atoms with Gasteiger partial charge < -0.3 is 4.42 Å². The van der Waals surface area contributed by atoms with E-state index in [1.54, 1.807) is 24.9 Å². The van der Waals surface area contributed by atoms with Crippen LogP contribution in [0.3, 0.4) is 0 Å². The van der Waals surface area contributed by atoms with Gasteiger partial charge in [-0.2, -0.15) is 16.1 Å². The van der Waals surface area contributed by atoms with Crippen molar-refractivity contribution in [1.82, 2.24) is 4.31 Å². The van der Waals surface area contributed by atoms with Crippen molar-refractivity contribution < 1.29 is 12.8 Å². The Bertz CT molecular complexity index is 472. The number of nitrogens with zero attached hydrogens (tertiary/aromatic N) is 1. The van der Waals surface area contributed by atoms with Crippen molar-refractivity contribution in [2.45, 2.75) is 30.4 Å². The molecule has 0 amide bonds. The summed E-state index contributed by atoms with van der Waals surface area (Å²) in [5.74, 6) is 1.39. The highest BCUT2D eigenvalue weighted by Gasteiger charge is 2.29. The number of rotatable bonds is 7. The number of sulfonamides is 1. The average molecular weight is 312 g/mol. The van der Waals surface area contributed by atoms with Crippen molar-refractivity contribution in [3.05, 3.63) is 17.9 Å². The van der Waals surface area contributed by atoms with Gasteiger partial charge in [0.1, 0.15) is 5.76 Å². The van der Waals surface area contributed by atoms with E-state index in [-0.39, 0.29) is 17.0 Å². The van der Waals surface area contributed by atoms with E-state index in [9.17, 15) is 8.42 Å². The minimum atomic E-state index is -3.57. The van der Waals surface area contributed by atoms with Crippen LogP contribution in [0.1, 0.15) is 19.1 Å². The van der Waals surface area contributed by atoms with Crippen LogP contribution < -0.4 is 0 Å². The smallest absolute Gasteiger partial charge is 0.276 e. The lowest BCUT2D eigenvalue weighted by Gasteiger charge is -2.24. The van der Waals surface area contributed by atoms with Gasteiger partial charge in [0.2, 0.25) is 5.09 Å². The van der Waals surface area contributed by atoms with Gasteiger partial charge in [-0.3, -0.25) is 0 Å². The quantitative estimate of drug-likeness (QED) is 0.727. The maximum atomic E-state index is 12.3. The zero-order valence-electron chi connectivity index (χ0n) is 10.7. The zero-order valence-corrected chi connectivity index (χ0v) is 13.1. The largest absolute Gasteiger partial charge is 0.447 e. The van der Waals surface area contributed by atoms with Gasteiger partial charge in [-0.05, 0) is 24.8 Å². The highest BCUT2D eigenvalue weighted by atomic mass is 35.5. The van der Waals surface area contributed by atoms with Crippen molar-refractivity contribution in [2.75, 3.05) is 19.1 Å². The summed E-state index contributed by atoms with van der Waals surface area (Å²) in [5, 5.41) is -0.0415. The van der Waals surface area contributed by atoms with Gasteiger partial charge in [-0.25, -0.2) is 8.42 Å². The van der Waals surface area contributed by atoms with E-state index in [2.05, 4.69) is 0 Å². The van der Waals surface area contributed by atoms with Crippen LogP contribution in [0.2, 0.25) is 0 Å². The molecule has 4 nitrogen and oxygen atoms in total. The van der Waals surface area contributed by atoms with Crippen LogP contribution >= 0.6 is 23.4 Å². The predicted octanol–water partition coefficient (Wildman–Crippen LogP) is 2.78. The number of thioether (sulfide) groups is 1. The van der Waals surface area contributed by atoms with Gasteiger partial charge in [-0.1, -0.05) is 6.92 Å². The van der Waals surface area contributed by atoms with E-state index in [1.165, 1.54) is 10.4 Å². The van der Waals surface area contributed by atoms with Gasteiger partial charge in [0.05, 0.1) is 5.88 Å². The molecule has 1 unspecified atom stereocenters. The Morgan fingerprint density at radius 1 is 1.50 bits per heavy atom. The molecule has 1 aromatic heterocycles. The molecule has 0 saturated carbocycles. The van der Waals surface area contributed by atoms with Crippen molar-refractivity contribution >= 4 is 33.4 Å². The maximum absolute atomic E-state index is 12.3. The second-order valence-corrected chi connectivity index (χ2v) is 7.00. The molecule has 104 valence electrons. The summed E-state index contributed by atoms with van der Waals surface area (Å²) < 4.78 is 31.2. The molecule has 0 radical (unpaired) electrons. The molecule has 0 aromatic carbocycles. The first-order valence-corrected chi connectivity index (χ1v) is 8.95. The fraction of sp³-hybridized carbons (Fsp3) is 0.636. The molecule has 0 aliphatic rings. The van der Waals surface area contributed by atoms with Gasteiger partial charge in [-0.15, -0.1) is 11.6 Å².